The zero-order valence-corrected chi connectivity index (χ0v) is 11.2. The number of nitrogens with zero attached hydrogens (tertiary/aromatic N) is 4. The van der Waals surface area contributed by atoms with Crippen molar-refractivity contribution >= 4 is 17.4 Å². The Balaban J connectivity index is 2.13. The van der Waals surface area contributed by atoms with Crippen LogP contribution in [-0.2, 0) is 11.2 Å². The normalized spacial score (nSPS) is 15.8. The van der Waals surface area contributed by atoms with Crippen LogP contribution in [0.15, 0.2) is 12.3 Å². The van der Waals surface area contributed by atoms with Gasteiger partial charge < -0.3 is 14.7 Å². The molecule has 7 heteroatoms. The number of hydrogen-bond donors (Lipinski definition) is 1. The molecule has 0 aromatic carbocycles. The number of carboxylic acid groups (broad SMARTS) is 1. The molecule has 0 atom stereocenters. The van der Waals surface area contributed by atoms with E-state index in [-0.39, 0.29) is 5.56 Å². The van der Waals surface area contributed by atoms with E-state index >= 15 is 0 Å². The second-order valence-corrected chi connectivity index (χ2v) is 4.66. The molecule has 1 aliphatic heterocycles. The lowest BCUT2D eigenvalue weighted by molar-refractivity contribution is 0.0698. The third-order valence-electron chi connectivity index (χ3n) is 3.46. The van der Waals surface area contributed by atoms with E-state index in [2.05, 4.69) is 15.0 Å². The number of anilines is 1. The van der Waals surface area contributed by atoms with Crippen molar-refractivity contribution in [3.05, 3.63) is 23.5 Å². The molecule has 0 bridgehead atoms. The van der Waals surface area contributed by atoms with Gasteiger partial charge >= 0.3 is 5.97 Å². The number of hydrogen-bond acceptors (Lipinski definition) is 5. The minimum absolute atomic E-state index is 0.134. The number of carbonyl (C=O) groups is 1. The molecule has 0 radical (unpaired) electrons. The zero-order chi connectivity index (χ0) is 14.1. The quantitative estimate of drug-likeness (QED) is 0.894. The molecule has 3 heterocycles. The summed E-state index contributed by atoms with van der Waals surface area (Å²) in [5.41, 5.74) is 1.48. The van der Waals surface area contributed by atoms with Crippen LogP contribution in [0.5, 0.6) is 0 Å². The summed E-state index contributed by atoms with van der Waals surface area (Å²) < 4.78 is 6.94. The summed E-state index contributed by atoms with van der Waals surface area (Å²) >= 11 is 0. The van der Waals surface area contributed by atoms with Gasteiger partial charge in [0.15, 0.2) is 5.65 Å². The molecule has 0 saturated carbocycles. The van der Waals surface area contributed by atoms with E-state index in [1.807, 2.05) is 13.0 Å². The molecule has 7 nitrogen and oxygen atoms in total. The third-order valence-corrected chi connectivity index (χ3v) is 3.46. The SMILES string of the molecule is CCc1cc(N2CCOCC2)nc2c(C(=O)O)cnn12. The van der Waals surface area contributed by atoms with Crippen molar-refractivity contribution < 1.29 is 14.6 Å². The Kier molecular flexibility index (Phi) is 3.27. The van der Waals surface area contributed by atoms with Crippen LogP contribution >= 0.6 is 0 Å². The number of aromatic carboxylic acids is 1. The van der Waals surface area contributed by atoms with Crippen LogP contribution in [0.2, 0.25) is 0 Å². The van der Waals surface area contributed by atoms with E-state index in [9.17, 15) is 9.90 Å². The fourth-order valence-corrected chi connectivity index (χ4v) is 2.37. The van der Waals surface area contributed by atoms with Crippen LogP contribution in [0.4, 0.5) is 5.82 Å². The van der Waals surface area contributed by atoms with E-state index < -0.39 is 5.97 Å². The van der Waals surface area contributed by atoms with Gasteiger partial charge in [-0.1, -0.05) is 6.92 Å². The monoisotopic (exact) mass is 276 g/mol. The zero-order valence-electron chi connectivity index (χ0n) is 11.2. The van der Waals surface area contributed by atoms with Crippen molar-refractivity contribution in [2.24, 2.45) is 0 Å². The highest BCUT2D eigenvalue weighted by molar-refractivity contribution is 5.94. The van der Waals surface area contributed by atoms with Crippen molar-refractivity contribution in [2.45, 2.75) is 13.3 Å². The maximum Gasteiger partial charge on any atom is 0.341 e. The lowest BCUT2D eigenvalue weighted by Gasteiger charge is -2.28. The summed E-state index contributed by atoms with van der Waals surface area (Å²) in [6, 6.07) is 1.97. The molecule has 1 N–H and O–H groups in total. The van der Waals surface area contributed by atoms with E-state index in [1.54, 1.807) is 4.52 Å². The molecule has 106 valence electrons. The van der Waals surface area contributed by atoms with Gasteiger partial charge in [-0.2, -0.15) is 5.10 Å². The van der Waals surface area contributed by atoms with Gasteiger partial charge in [0.25, 0.3) is 0 Å². The van der Waals surface area contributed by atoms with E-state index in [4.69, 9.17) is 4.74 Å². The van der Waals surface area contributed by atoms with E-state index in [0.29, 0.717) is 18.9 Å². The minimum atomic E-state index is -1.01. The highest BCUT2D eigenvalue weighted by atomic mass is 16.5. The predicted octanol–water partition coefficient (Wildman–Crippen LogP) is 0.827. The van der Waals surface area contributed by atoms with Crippen LogP contribution in [-0.4, -0.2) is 52.0 Å². The number of aryl methyl sites for hydroxylation is 1. The maximum atomic E-state index is 11.2. The largest absolute Gasteiger partial charge is 0.477 e. The first-order valence-corrected chi connectivity index (χ1v) is 6.64. The molecule has 2 aromatic heterocycles. The molecule has 1 saturated heterocycles. The first-order chi connectivity index (χ1) is 9.70. The molecular formula is C13H16N4O3. The van der Waals surface area contributed by atoms with Gasteiger partial charge in [-0.25, -0.2) is 14.3 Å². The molecule has 0 spiro atoms. The second-order valence-electron chi connectivity index (χ2n) is 4.66. The van der Waals surface area contributed by atoms with Crippen LogP contribution < -0.4 is 4.90 Å². The third kappa shape index (κ3) is 2.09. The van der Waals surface area contributed by atoms with Crippen molar-refractivity contribution in [3.8, 4) is 0 Å². The topological polar surface area (TPSA) is 80.0 Å². The highest BCUT2D eigenvalue weighted by Crippen LogP contribution is 2.19. The molecule has 1 fully saturated rings. The van der Waals surface area contributed by atoms with Crippen molar-refractivity contribution in [1.29, 1.82) is 0 Å². The number of rotatable bonds is 3. The average molecular weight is 276 g/mol. The first kappa shape index (κ1) is 12.9. The van der Waals surface area contributed by atoms with Crippen LogP contribution in [0.3, 0.4) is 0 Å². The standard InChI is InChI=1S/C13H16N4O3/c1-2-9-7-11(16-3-5-20-6-4-16)15-12-10(13(18)19)8-14-17(9)12/h7-8H,2-6H2,1H3,(H,18,19). The fraction of sp³-hybridized carbons (Fsp3) is 0.462. The number of aromatic nitrogens is 3. The first-order valence-electron chi connectivity index (χ1n) is 6.64. The average Bonchev–Trinajstić information content (AvgIpc) is 2.91. The van der Waals surface area contributed by atoms with Gasteiger partial charge in [0, 0.05) is 24.8 Å². The molecule has 2 aromatic rings. The van der Waals surface area contributed by atoms with Crippen LogP contribution in [0.1, 0.15) is 23.0 Å². The number of carboxylic acids is 1. The Labute approximate surface area is 115 Å². The lowest BCUT2D eigenvalue weighted by atomic mass is 10.2. The summed E-state index contributed by atoms with van der Waals surface area (Å²) in [6.07, 6.45) is 2.12. The van der Waals surface area contributed by atoms with Crippen LogP contribution in [0, 0.1) is 0 Å². The lowest BCUT2D eigenvalue weighted by Crippen LogP contribution is -2.37. The van der Waals surface area contributed by atoms with Gasteiger partial charge in [0.1, 0.15) is 11.4 Å². The van der Waals surface area contributed by atoms with E-state index in [0.717, 1.165) is 31.0 Å². The Bertz CT molecular complexity index is 646. The number of morpholine rings is 1. The molecule has 3 rings (SSSR count). The summed E-state index contributed by atoms with van der Waals surface area (Å²) in [5, 5.41) is 13.3. The molecule has 20 heavy (non-hydrogen) atoms. The van der Waals surface area contributed by atoms with Gasteiger partial charge in [-0.3, -0.25) is 0 Å². The van der Waals surface area contributed by atoms with Gasteiger partial charge in [-0.15, -0.1) is 0 Å². The summed E-state index contributed by atoms with van der Waals surface area (Å²) in [4.78, 5) is 17.8. The second kappa shape index (κ2) is 5.09. The Morgan fingerprint density at radius 2 is 2.20 bits per heavy atom. The molecule has 0 aliphatic carbocycles. The summed E-state index contributed by atoms with van der Waals surface area (Å²) in [5.74, 6) is -0.214. The smallest absolute Gasteiger partial charge is 0.341 e. The van der Waals surface area contributed by atoms with Gasteiger partial charge in [0.05, 0.1) is 19.4 Å². The summed E-state index contributed by atoms with van der Waals surface area (Å²) in [6.45, 7) is 4.88. The van der Waals surface area contributed by atoms with E-state index in [1.165, 1.54) is 6.20 Å². The van der Waals surface area contributed by atoms with Gasteiger partial charge in [-0.05, 0) is 6.42 Å². The fourth-order valence-electron chi connectivity index (χ4n) is 2.37. The molecular weight excluding hydrogens is 260 g/mol. The Morgan fingerprint density at radius 3 is 2.85 bits per heavy atom. The highest BCUT2D eigenvalue weighted by Gasteiger charge is 2.19. The maximum absolute atomic E-state index is 11.2. The molecule has 1 aliphatic rings. The van der Waals surface area contributed by atoms with Crippen LogP contribution in [0.25, 0.3) is 5.65 Å². The minimum Gasteiger partial charge on any atom is -0.477 e. The van der Waals surface area contributed by atoms with Crippen molar-refractivity contribution in [1.82, 2.24) is 14.6 Å². The molecule has 0 amide bonds. The van der Waals surface area contributed by atoms with Crippen molar-refractivity contribution in [3.63, 3.8) is 0 Å². The Morgan fingerprint density at radius 1 is 1.45 bits per heavy atom. The van der Waals surface area contributed by atoms with Crippen molar-refractivity contribution in [2.75, 3.05) is 31.2 Å². The Hall–Kier alpha value is -2.15. The van der Waals surface area contributed by atoms with Gasteiger partial charge in [0.2, 0.25) is 0 Å². The number of fused-ring (bicyclic) bond motifs is 1. The summed E-state index contributed by atoms with van der Waals surface area (Å²) in [7, 11) is 0. The molecule has 0 unspecified atom stereocenters. The predicted molar refractivity (Wildman–Crippen MR) is 72.4 cm³/mol. The number of ether oxygens (including phenoxy) is 1.